The van der Waals surface area contributed by atoms with Crippen LogP contribution in [-0.2, 0) is 15.6 Å². The number of hydrogen-bond acceptors (Lipinski definition) is 5. The van der Waals surface area contributed by atoms with Crippen molar-refractivity contribution in [2.45, 2.75) is 24.8 Å². The van der Waals surface area contributed by atoms with Gasteiger partial charge in [-0.15, -0.1) is 0 Å². The molecule has 0 saturated carbocycles. The van der Waals surface area contributed by atoms with E-state index >= 15 is 0 Å². The van der Waals surface area contributed by atoms with Crippen LogP contribution in [0.5, 0.6) is 0 Å². The standard InChI is InChI=1S/C7H13NO8P2/c1-5-8-6(4-16-5)2-3-7(9,17(10,11)12)18(13,14)15/h4,9H,2-3H2,1H3,(H2,10,11,12)(H2,13,14,15). The van der Waals surface area contributed by atoms with E-state index in [9.17, 15) is 14.2 Å². The zero-order chi connectivity index (χ0) is 14.2. The highest BCUT2D eigenvalue weighted by Gasteiger charge is 2.58. The molecular formula is C7H13NO8P2. The highest BCUT2D eigenvalue weighted by Crippen LogP contribution is 2.69. The van der Waals surface area contributed by atoms with Crippen molar-refractivity contribution in [3.63, 3.8) is 0 Å². The van der Waals surface area contributed by atoms with Crippen LogP contribution >= 0.6 is 15.2 Å². The molecule has 0 spiro atoms. The largest absolute Gasteiger partial charge is 0.449 e. The highest BCUT2D eigenvalue weighted by molar-refractivity contribution is 7.72. The quantitative estimate of drug-likeness (QED) is 0.468. The Morgan fingerprint density at radius 3 is 2.11 bits per heavy atom. The lowest BCUT2D eigenvalue weighted by atomic mass is 10.2. The van der Waals surface area contributed by atoms with E-state index in [-0.39, 0.29) is 12.1 Å². The van der Waals surface area contributed by atoms with Crippen molar-refractivity contribution in [1.29, 1.82) is 0 Å². The molecular weight excluding hydrogens is 288 g/mol. The van der Waals surface area contributed by atoms with Gasteiger partial charge >= 0.3 is 15.2 Å². The summed E-state index contributed by atoms with van der Waals surface area (Å²) >= 11 is 0. The third-order valence-corrected chi connectivity index (χ3v) is 6.19. The molecule has 0 aliphatic carbocycles. The van der Waals surface area contributed by atoms with E-state index in [1.807, 2.05) is 0 Å². The number of rotatable bonds is 5. The fourth-order valence-corrected chi connectivity index (χ4v) is 3.44. The Kier molecular flexibility index (Phi) is 4.19. The van der Waals surface area contributed by atoms with E-state index < -0.39 is 26.7 Å². The minimum atomic E-state index is -5.41. The Morgan fingerprint density at radius 1 is 1.28 bits per heavy atom. The van der Waals surface area contributed by atoms with Crippen LogP contribution in [0.3, 0.4) is 0 Å². The number of nitrogens with zero attached hydrogens (tertiary/aromatic N) is 1. The minimum Gasteiger partial charge on any atom is -0.449 e. The topological polar surface area (TPSA) is 161 Å². The molecule has 0 aliphatic rings. The van der Waals surface area contributed by atoms with Crippen LogP contribution in [0.25, 0.3) is 0 Å². The van der Waals surface area contributed by atoms with Gasteiger partial charge in [-0.25, -0.2) is 4.98 Å². The molecule has 11 heteroatoms. The first-order valence-corrected chi connectivity index (χ1v) is 7.94. The van der Waals surface area contributed by atoms with Gasteiger partial charge in [0.2, 0.25) is 0 Å². The molecule has 0 atom stereocenters. The monoisotopic (exact) mass is 301 g/mol. The minimum absolute atomic E-state index is 0.229. The van der Waals surface area contributed by atoms with E-state index in [2.05, 4.69) is 4.98 Å². The van der Waals surface area contributed by atoms with Crippen molar-refractivity contribution in [2.24, 2.45) is 0 Å². The smallest absolute Gasteiger partial charge is 0.369 e. The van der Waals surface area contributed by atoms with Crippen molar-refractivity contribution < 1.29 is 38.2 Å². The maximum atomic E-state index is 11.0. The van der Waals surface area contributed by atoms with Crippen LogP contribution in [0.15, 0.2) is 10.7 Å². The molecule has 0 aliphatic heterocycles. The van der Waals surface area contributed by atoms with Crippen LogP contribution in [0.4, 0.5) is 0 Å². The Labute approximate surface area is 102 Å². The van der Waals surface area contributed by atoms with Crippen molar-refractivity contribution in [3.05, 3.63) is 17.8 Å². The van der Waals surface area contributed by atoms with E-state index in [1.54, 1.807) is 0 Å². The molecule has 0 bridgehead atoms. The summed E-state index contributed by atoms with van der Waals surface area (Å²) in [7, 11) is -10.8. The Morgan fingerprint density at radius 2 is 1.78 bits per heavy atom. The second-order valence-corrected chi connectivity index (χ2v) is 7.73. The fraction of sp³-hybridized carbons (Fsp3) is 0.571. The summed E-state index contributed by atoms with van der Waals surface area (Å²) in [5.74, 6) is 0.292. The third-order valence-electron chi connectivity index (χ3n) is 2.32. The average molecular weight is 301 g/mol. The third kappa shape index (κ3) is 3.07. The van der Waals surface area contributed by atoms with Gasteiger partial charge in [-0.05, 0) is 6.42 Å². The van der Waals surface area contributed by atoms with Crippen molar-refractivity contribution >= 4 is 15.2 Å². The lowest BCUT2D eigenvalue weighted by Crippen LogP contribution is -2.29. The second kappa shape index (κ2) is 4.86. The van der Waals surface area contributed by atoms with Gasteiger partial charge in [-0.1, -0.05) is 0 Å². The second-order valence-electron chi connectivity index (χ2n) is 3.72. The van der Waals surface area contributed by atoms with Crippen molar-refractivity contribution in [3.8, 4) is 0 Å². The highest BCUT2D eigenvalue weighted by atomic mass is 31.2. The summed E-state index contributed by atoms with van der Waals surface area (Å²) in [6.45, 7) is 1.53. The van der Waals surface area contributed by atoms with Gasteiger partial charge in [0.1, 0.15) is 6.26 Å². The number of aryl methyl sites for hydroxylation is 2. The van der Waals surface area contributed by atoms with Gasteiger partial charge < -0.3 is 29.1 Å². The summed E-state index contributed by atoms with van der Waals surface area (Å²) in [6, 6.07) is 0. The van der Waals surface area contributed by atoms with Gasteiger partial charge in [0.05, 0.1) is 5.69 Å². The molecule has 104 valence electrons. The lowest BCUT2D eigenvalue weighted by molar-refractivity contribution is 0.123. The van der Waals surface area contributed by atoms with E-state index in [0.717, 1.165) is 0 Å². The first-order valence-electron chi connectivity index (χ1n) is 4.72. The fourth-order valence-electron chi connectivity index (χ4n) is 1.28. The number of hydrogen-bond donors (Lipinski definition) is 5. The molecule has 18 heavy (non-hydrogen) atoms. The lowest BCUT2D eigenvalue weighted by Gasteiger charge is -2.28. The van der Waals surface area contributed by atoms with Gasteiger partial charge in [0.15, 0.2) is 5.89 Å². The predicted octanol–water partition coefficient (Wildman–Crippen LogP) is -0.0829. The zero-order valence-electron chi connectivity index (χ0n) is 9.29. The summed E-state index contributed by atoms with van der Waals surface area (Å²) in [6.07, 6.45) is 0.0900. The Balaban J connectivity index is 2.95. The average Bonchev–Trinajstić information content (AvgIpc) is 2.57. The first kappa shape index (κ1) is 15.5. The summed E-state index contributed by atoms with van der Waals surface area (Å²) in [5.41, 5.74) is 0.229. The molecule has 9 nitrogen and oxygen atoms in total. The maximum Gasteiger partial charge on any atom is 0.369 e. The van der Waals surface area contributed by atoms with E-state index in [0.29, 0.717) is 5.89 Å². The molecule has 1 aromatic heterocycles. The predicted molar refractivity (Wildman–Crippen MR) is 58.6 cm³/mol. The summed E-state index contributed by atoms with van der Waals surface area (Å²) < 4.78 is 26.9. The molecule has 1 aromatic rings. The van der Waals surface area contributed by atoms with Crippen LogP contribution < -0.4 is 0 Å². The van der Waals surface area contributed by atoms with Crippen LogP contribution in [0.2, 0.25) is 0 Å². The van der Waals surface area contributed by atoms with Gasteiger partial charge in [-0.3, -0.25) is 9.13 Å². The van der Waals surface area contributed by atoms with Gasteiger partial charge in [-0.2, -0.15) is 0 Å². The molecule has 5 N–H and O–H groups in total. The maximum absolute atomic E-state index is 11.0. The van der Waals surface area contributed by atoms with Gasteiger partial charge in [0.25, 0.3) is 5.08 Å². The molecule has 1 rings (SSSR count). The first-order chi connectivity index (χ1) is 7.97. The zero-order valence-corrected chi connectivity index (χ0v) is 11.1. The molecule has 0 radical (unpaired) electrons. The van der Waals surface area contributed by atoms with E-state index in [1.165, 1.54) is 13.2 Å². The van der Waals surface area contributed by atoms with Crippen molar-refractivity contribution in [2.75, 3.05) is 0 Å². The van der Waals surface area contributed by atoms with Crippen LogP contribution in [-0.4, -0.2) is 34.7 Å². The Hall–Kier alpha value is -0.530. The molecule has 0 fully saturated rings. The van der Waals surface area contributed by atoms with Crippen LogP contribution in [0.1, 0.15) is 18.0 Å². The molecule has 0 saturated heterocycles. The SMILES string of the molecule is Cc1nc(CCC(O)(P(=O)(O)O)P(=O)(O)O)co1. The summed E-state index contributed by atoms with van der Waals surface area (Å²) in [4.78, 5) is 39.3. The number of aliphatic hydroxyl groups is 1. The molecule has 0 aromatic carbocycles. The number of oxazole rings is 1. The van der Waals surface area contributed by atoms with Crippen molar-refractivity contribution in [1.82, 2.24) is 4.98 Å². The Bertz CT molecular complexity index is 491. The molecule has 0 unspecified atom stereocenters. The molecule has 0 amide bonds. The number of aromatic nitrogens is 1. The van der Waals surface area contributed by atoms with Crippen LogP contribution in [0, 0.1) is 6.92 Å². The molecule has 1 heterocycles. The van der Waals surface area contributed by atoms with Gasteiger partial charge in [0, 0.05) is 13.3 Å². The summed E-state index contributed by atoms with van der Waals surface area (Å²) in [5, 5.41) is 6.16. The van der Waals surface area contributed by atoms with E-state index in [4.69, 9.17) is 24.0 Å². The normalized spacial score (nSPS) is 13.9.